The van der Waals surface area contributed by atoms with Crippen molar-refractivity contribution < 1.29 is 14.3 Å². The molecule has 3 aromatic rings. The summed E-state index contributed by atoms with van der Waals surface area (Å²) in [6.07, 6.45) is -0.314. The Balaban J connectivity index is 1.60. The van der Waals surface area contributed by atoms with E-state index >= 15 is 0 Å². The van der Waals surface area contributed by atoms with Crippen LogP contribution in [0.5, 0.6) is 11.5 Å². The van der Waals surface area contributed by atoms with Gasteiger partial charge in [-0.3, -0.25) is 4.79 Å². The van der Waals surface area contributed by atoms with Gasteiger partial charge >= 0.3 is 0 Å². The Bertz CT molecular complexity index is 1040. The van der Waals surface area contributed by atoms with Gasteiger partial charge in [-0.05, 0) is 36.6 Å². The van der Waals surface area contributed by atoms with Crippen molar-refractivity contribution in [1.82, 2.24) is 14.8 Å². The lowest BCUT2D eigenvalue weighted by atomic mass is 10.0. The lowest BCUT2D eigenvalue weighted by Gasteiger charge is -2.15. The maximum absolute atomic E-state index is 12.5. The van der Waals surface area contributed by atoms with E-state index in [9.17, 15) is 4.79 Å². The summed E-state index contributed by atoms with van der Waals surface area (Å²) in [5.74, 6) is 2.58. The van der Waals surface area contributed by atoms with Crippen LogP contribution in [-0.4, -0.2) is 33.5 Å². The minimum Gasteiger partial charge on any atom is -0.497 e. The molecule has 1 N–H and O–H groups in total. The van der Waals surface area contributed by atoms with Crippen LogP contribution in [0, 0.1) is 0 Å². The largest absolute Gasteiger partial charge is 0.497 e. The summed E-state index contributed by atoms with van der Waals surface area (Å²) in [4.78, 5) is 12.5. The molecule has 3 rings (SSSR count). The third-order valence-corrected chi connectivity index (χ3v) is 5.80. The SMILES string of the molecule is COc1cccc(OC(C)c2nnc(SCC(=O)Nc3ccccc3C(C)C)n2C)c1. The van der Waals surface area contributed by atoms with E-state index in [4.69, 9.17) is 9.47 Å². The molecule has 0 fully saturated rings. The molecule has 0 aliphatic carbocycles. The zero-order chi connectivity index (χ0) is 22.4. The van der Waals surface area contributed by atoms with Gasteiger partial charge in [0.1, 0.15) is 11.5 Å². The van der Waals surface area contributed by atoms with Crippen molar-refractivity contribution in [3.8, 4) is 11.5 Å². The normalized spacial score (nSPS) is 11.9. The number of methoxy groups -OCH3 is 1. The smallest absolute Gasteiger partial charge is 0.234 e. The molecule has 0 radical (unpaired) electrons. The van der Waals surface area contributed by atoms with Crippen LogP contribution in [0.1, 0.15) is 44.2 Å². The standard InChI is InChI=1S/C23H28N4O3S/c1-15(2)19-11-6-7-12-20(19)24-21(28)14-31-23-26-25-22(27(23)4)16(3)30-18-10-8-9-17(13-18)29-5/h6-13,15-16H,14H2,1-5H3,(H,24,28). The summed E-state index contributed by atoms with van der Waals surface area (Å²) >= 11 is 1.34. The topological polar surface area (TPSA) is 78.3 Å². The molecule has 0 saturated carbocycles. The molecule has 1 aromatic heterocycles. The summed E-state index contributed by atoms with van der Waals surface area (Å²) in [5.41, 5.74) is 1.97. The monoisotopic (exact) mass is 440 g/mol. The minimum atomic E-state index is -0.314. The van der Waals surface area contributed by atoms with Crippen molar-refractivity contribution in [3.05, 3.63) is 59.9 Å². The second-order valence-electron chi connectivity index (χ2n) is 7.42. The number of carbonyl (C=O) groups excluding carboxylic acids is 1. The molecule has 0 bridgehead atoms. The second-order valence-corrected chi connectivity index (χ2v) is 8.36. The van der Waals surface area contributed by atoms with Crippen LogP contribution in [0.3, 0.4) is 0 Å². The molecule has 1 amide bonds. The molecule has 0 saturated heterocycles. The molecular weight excluding hydrogens is 412 g/mol. The Kier molecular flexibility index (Phi) is 7.57. The van der Waals surface area contributed by atoms with E-state index in [1.165, 1.54) is 11.8 Å². The van der Waals surface area contributed by atoms with Gasteiger partial charge in [-0.1, -0.05) is 49.9 Å². The first kappa shape index (κ1) is 22.7. The number of nitrogens with one attached hydrogen (secondary N) is 1. The van der Waals surface area contributed by atoms with E-state index in [0.717, 1.165) is 17.0 Å². The van der Waals surface area contributed by atoms with Gasteiger partial charge in [0.15, 0.2) is 17.1 Å². The number of benzene rings is 2. The van der Waals surface area contributed by atoms with Gasteiger partial charge in [0.05, 0.1) is 12.9 Å². The van der Waals surface area contributed by atoms with E-state index in [0.29, 0.717) is 22.6 Å². The fraction of sp³-hybridized carbons (Fsp3) is 0.348. The van der Waals surface area contributed by atoms with Crippen molar-refractivity contribution in [2.75, 3.05) is 18.2 Å². The predicted octanol–water partition coefficient (Wildman–Crippen LogP) is 4.82. The molecule has 164 valence electrons. The van der Waals surface area contributed by atoms with Gasteiger partial charge in [0.2, 0.25) is 5.91 Å². The summed E-state index contributed by atoms with van der Waals surface area (Å²) in [6.45, 7) is 6.12. The van der Waals surface area contributed by atoms with Crippen molar-refractivity contribution in [2.45, 2.75) is 37.9 Å². The first-order valence-electron chi connectivity index (χ1n) is 10.1. The first-order valence-corrected chi connectivity index (χ1v) is 11.1. The Labute approximate surface area is 187 Å². The number of rotatable bonds is 9. The molecule has 1 atom stereocenters. The van der Waals surface area contributed by atoms with Gasteiger partial charge in [0, 0.05) is 18.8 Å². The quantitative estimate of drug-likeness (QED) is 0.481. The van der Waals surface area contributed by atoms with Crippen LogP contribution >= 0.6 is 11.8 Å². The van der Waals surface area contributed by atoms with Crippen LogP contribution in [0.15, 0.2) is 53.7 Å². The summed E-state index contributed by atoms with van der Waals surface area (Å²) in [7, 11) is 3.49. The molecule has 8 heteroatoms. The minimum absolute atomic E-state index is 0.0803. The number of anilines is 1. The highest BCUT2D eigenvalue weighted by Crippen LogP contribution is 2.27. The molecule has 7 nitrogen and oxygen atoms in total. The number of aromatic nitrogens is 3. The number of hydrogen-bond acceptors (Lipinski definition) is 6. The van der Waals surface area contributed by atoms with Gasteiger partial charge in [0.25, 0.3) is 0 Å². The van der Waals surface area contributed by atoms with E-state index in [1.807, 2.05) is 67.1 Å². The van der Waals surface area contributed by atoms with Crippen molar-refractivity contribution >= 4 is 23.4 Å². The number of thioether (sulfide) groups is 1. The van der Waals surface area contributed by atoms with Crippen molar-refractivity contribution in [3.63, 3.8) is 0 Å². The Morgan fingerprint density at radius 3 is 2.58 bits per heavy atom. The number of amides is 1. The molecule has 2 aromatic carbocycles. The maximum Gasteiger partial charge on any atom is 0.234 e. The number of nitrogens with zero attached hydrogens (tertiary/aromatic N) is 3. The first-order chi connectivity index (χ1) is 14.9. The zero-order valence-corrected chi connectivity index (χ0v) is 19.3. The summed E-state index contributed by atoms with van der Waals surface area (Å²) in [6, 6.07) is 15.3. The van der Waals surface area contributed by atoms with E-state index in [1.54, 1.807) is 7.11 Å². The zero-order valence-electron chi connectivity index (χ0n) is 18.5. The number of hydrogen-bond donors (Lipinski definition) is 1. The van der Waals surface area contributed by atoms with Crippen LogP contribution in [0.4, 0.5) is 5.69 Å². The maximum atomic E-state index is 12.5. The molecule has 0 spiro atoms. The fourth-order valence-corrected chi connectivity index (χ4v) is 3.89. The Hall–Kier alpha value is -3.00. The molecule has 0 aliphatic heterocycles. The number of carbonyl (C=O) groups is 1. The van der Waals surface area contributed by atoms with E-state index < -0.39 is 0 Å². The van der Waals surface area contributed by atoms with Gasteiger partial charge < -0.3 is 19.4 Å². The van der Waals surface area contributed by atoms with Crippen molar-refractivity contribution in [2.24, 2.45) is 7.05 Å². The molecule has 0 aliphatic rings. The molecule has 1 unspecified atom stereocenters. The lowest BCUT2D eigenvalue weighted by molar-refractivity contribution is -0.113. The van der Waals surface area contributed by atoms with Crippen molar-refractivity contribution in [1.29, 1.82) is 0 Å². The predicted molar refractivity (Wildman–Crippen MR) is 123 cm³/mol. The third-order valence-electron chi connectivity index (χ3n) is 4.78. The van der Waals surface area contributed by atoms with Crippen LogP contribution in [0.25, 0.3) is 0 Å². The van der Waals surface area contributed by atoms with Gasteiger partial charge in [-0.2, -0.15) is 0 Å². The average molecular weight is 441 g/mol. The third kappa shape index (κ3) is 5.79. The van der Waals surface area contributed by atoms with Crippen LogP contribution < -0.4 is 14.8 Å². The number of para-hydroxylation sites is 1. The Morgan fingerprint density at radius 1 is 1.10 bits per heavy atom. The molecular formula is C23H28N4O3S. The lowest BCUT2D eigenvalue weighted by Crippen LogP contribution is -2.16. The highest BCUT2D eigenvalue weighted by molar-refractivity contribution is 7.99. The molecule has 1 heterocycles. The van der Waals surface area contributed by atoms with Gasteiger partial charge in [-0.25, -0.2) is 0 Å². The highest BCUT2D eigenvalue weighted by atomic mass is 32.2. The van der Waals surface area contributed by atoms with Crippen LogP contribution in [0.2, 0.25) is 0 Å². The molecule has 31 heavy (non-hydrogen) atoms. The van der Waals surface area contributed by atoms with E-state index in [-0.39, 0.29) is 17.8 Å². The summed E-state index contributed by atoms with van der Waals surface area (Å²) < 4.78 is 13.1. The van der Waals surface area contributed by atoms with Crippen LogP contribution in [-0.2, 0) is 11.8 Å². The van der Waals surface area contributed by atoms with E-state index in [2.05, 4.69) is 29.4 Å². The fourth-order valence-electron chi connectivity index (χ4n) is 3.17. The second kappa shape index (κ2) is 10.3. The highest BCUT2D eigenvalue weighted by Gasteiger charge is 2.18. The summed E-state index contributed by atoms with van der Waals surface area (Å²) in [5, 5.41) is 12.1. The average Bonchev–Trinajstić information content (AvgIpc) is 3.13. The Morgan fingerprint density at radius 2 is 1.84 bits per heavy atom. The number of ether oxygens (including phenoxy) is 2. The van der Waals surface area contributed by atoms with Gasteiger partial charge in [-0.15, -0.1) is 10.2 Å².